The molecule has 0 fully saturated rings. The van der Waals surface area contributed by atoms with Gasteiger partial charge in [-0.15, -0.1) is 0 Å². The van der Waals surface area contributed by atoms with E-state index in [1.165, 1.54) is 6.92 Å². The molecule has 6 rings (SSSR count). The normalized spacial score (nSPS) is 12.8. The standard InChI is InChI=1S/C34H29N3O5/c1-20(38)36-23-9-6-8-21(16-23)24-14-7-15-25-22(18-35-32(24)25)17-31(33(39)40)37-34(41)42-19-30-28-12-4-2-10-26(28)27-11-3-5-13-29(27)30/h2-16,18,30-31,35H,17,19H2,1H3,(H,36,38)(H,37,41)(H,39,40)/t31-/m0/s1. The molecule has 4 N–H and O–H groups in total. The van der Waals surface area contributed by atoms with Crippen molar-refractivity contribution < 1.29 is 24.2 Å². The van der Waals surface area contributed by atoms with Gasteiger partial charge in [-0.05, 0) is 45.5 Å². The van der Waals surface area contributed by atoms with E-state index in [-0.39, 0.29) is 24.9 Å². The highest BCUT2D eigenvalue weighted by molar-refractivity contribution is 5.98. The van der Waals surface area contributed by atoms with E-state index in [9.17, 15) is 19.5 Å². The first-order valence-corrected chi connectivity index (χ1v) is 13.7. The topological polar surface area (TPSA) is 121 Å². The van der Waals surface area contributed by atoms with Crippen LogP contribution in [0.1, 0.15) is 29.5 Å². The molecule has 42 heavy (non-hydrogen) atoms. The van der Waals surface area contributed by atoms with Gasteiger partial charge in [0, 0.05) is 42.1 Å². The van der Waals surface area contributed by atoms with Gasteiger partial charge in [0.05, 0.1) is 5.52 Å². The fourth-order valence-electron chi connectivity index (χ4n) is 5.79. The van der Waals surface area contributed by atoms with Crippen molar-refractivity contribution in [3.05, 3.63) is 114 Å². The van der Waals surface area contributed by atoms with Crippen LogP contribution in [0.2, 0.25) is 0 Å². The van der Waals surface area contributed by atoms with Crippen LogP contribution in [0.4, 0.5) is 10.5 Å². The second-order valence-electron chi connectivity index (χ2n) is 10.4. The fraction of sp³-hybridized carbons (Fsp3) is 0.147. The molecule has 2 amide bonds. The van der Waals surface area contributed by atoms with Crippen molar-refractivity contribution in [2.75, 3.05) is 11.9 Å². The molecule has 0 radical (unpaired) electrons. The molecular weight excluding hydrogens is 530 g/mol. The third kappa shape index (κ3) is 5.22. The Balaban J connectivity index is 1.17. The van der Waals surface area contributed by atoms with Crippen LogP contribution < -0.4 is 10.6 Å². The fourth-order valence-corrected chi connectivity index (χ4v) is 5.79. The molecule has 0 saturated heterocycles. The van der Waals surface area contributed by atoms with Crippen molar-refractivity contribution in [3.63, 3.8) is 0 Å². The lowest BCUT2D eigenvalue weighted by Gasteiger charge is -2.17. The average molecular weight is 560 g/mol. The van der Waals surface area contributed by atoms with Crippen molar-refractivity contribution in [3.8, 4) is 22.3 Å². The zero-order chi connectivity index (χ0) is 29.2. The highest BCUT2D eigenvalue weighted by atomic mass is 16.5. The minimum absolute atomic E-state index is 0.0644. The maximum atomic E-state index is 12.8. The Labute approximate surface area is 242 Å². The summed E-state index contributed by atoms with van der Waals surface area (Å²) in [6.45, 7) is 1.56. The van der Waals surface area contributed by atoms with E-state index in [1.54, 1.807) is 6.20 Å². The number of fused-ring (bicyclic) bond motifs is 4. The quantitative estimate of drug-likeness (QED) is 0.177. The molecule has 1 aliphatic carbocycles. The smallest absolute Gasteiger partial charge is 0.407 e. The number of amides is 2. The summed E-state index contributed by atoms with van der Waals surface area (Å²) in [5, 5.41) is 16.1. The molecule has 8 nitrogen and oxygen atoms in total. The molecule has 0 bridgehead atoms. The van der Waals surface area contributed by atoms with Crippen LogP contribution in [0.5, 0.6) is 0 Å². The van der Waals surface area contributed by atoms with E-state index < -0.39 is 18.1 Å². The number of anilines is 1. The third-order valence-corrected chi connectivity index (χ3v) is 7.65. The molecular formula is C34H29N3O5. The molecule has 5 aromatic rings. The zero-order valence-corrected chi connectivity index (χ0v) is 22.9. The number of para-hydroxylation sites is 1. The Morgan fingerprint density at radius 2 is 1.55 bits per heavy atom. The summed E-state index contributed by atoms with van der Waals surface area (Å²) >= 11 is 0. The molecule has 0 unspecified atom stereocenters. The molecule has 8 heteroatoms. The SMILES string of the molecule is CC(=O)Nc1cccc(-c2cccc3c(C[C@H](NC(=O)OCC4c5ccccc5-c5ccccc54)C(=O)O)c[nH]c23)c1. The second kappa shape index (κ2) is 11.2. The molecule has 0 spiro atoms. The van der Waals surface area contributed by atoms with Gasteiger partial charge in [-0.25, -0.2) is 9.59 Å². The summed E-state index contributed by atoms with van der Waals surface area (Å²) in [4.78, 5) is 39.8. The van der Waals surface area contributed by atoms with Gasteiger partial charge in [-0.2, -0.15) is 0 Å². The summed E-state index contributed by atoms with van der Waals surface area (Å²) < 4.78 is 5.59. The van der Waals surface area contributed by atoms with Crippen LogP contribution in [0.3, 0.4) is 0 Å². The summed E-state index contributed by atoms with van der Waals surface area (Å²) in [5.41, 5.74) is 8.46. The maximum Gasteiger partial charge on any atom is 0.407 e. The monoisotopic (exact) mass is 559 g/mol. The lowest BCUT2D eigenvalue weighted by Crippen LogP contribution is -2.42. The van der Waals surface area contributed by atoms with E-state index in [0.717, 1.165) is 49.8 Å². The third-order valence-electron chi connectivity index (χ3n) is 7.65. The number of hydrogen-bond acceptors (Lipinski definition) is 4. The number of hydrogen-bond donors (Lipinski definition) is 4. The van der Waals surface area contributed by atoms with Crippen molar-refractivity contribution in [2.45, 2.75) is 25.3 Å². The summed E-state index contributed by atoms with van der Waals surface area (Å²) in [7, 11) is 0. The van der Waals surface area contributed by atoms with Gasteiger partial charge < -0.3 is 25.5 Å². The van der Waals surface area contributed by atoms with Gasteiger partial charge in [0.25, 0.3) is 0 Å². The first-order valence-electron chi connectivity index (χ1n) is 13.7. The number of carboxylic acids is 1. The van der Waals surface area contributed by atoms with E-state index in [1.807, 2.05) is 78.9 Å². The Bertz CT molecular complexity index is 1780. The van der Waals surface area contributed by atoms with Gasteiger partial charge in [0.2, 0.25) is 5.91 Å². The van der Waals surface area contributed by atoms with E-state index in [4.69, 9.17) is 4.74 Å². The van der Waals surface area contributed by atoms with E-state index in [0.29, 0.717) is 5.69 Å². The lowest BCUT2D eigenvalue weighted by molar-refractivity contribution is -0.139. The minimum Gasteiger partial charge on any atom is -0.480 e. The van der Waals surface area contributed by atoms with Crippen LogP contribution in [0.15, 0.2) is 97.2 Å². The number of aromatic amines is 1. The van der Waals surface area contributed by atoms with Crippen molar-refractivity contribution >= 4 is 34.6 Å². The number of nitrogens with one attached hydrogen (secondary N) is 3. The maximum absolute atomic E-state index is 12.8. The highest BCUT2D eigenvalue weighted by Gasteiger charge is 2.30. The predicted octanol–water partition coefficient (Wildman–Crippen LogP) is 6.33. The van der Waals surface area contributed by atoms with Gasteiger partial charge in [0.15, 0.2) is 0 Å². The largest absolute Gasteiger partial charge is 0.480 e. The van der Waals surface area contributed by atoms with Crippen LogP contribution in [-0.2, 0) is 20.7 Å². The number of alkyl carbamates (subject to hydrolysis) is 1. The van der Waals surface area contributed by atoms with Crippen LogP contribution in [0.25, 0.3) is 33.2 Å². The predicted molar refractivity (Wildman–Crippen MR) is 161 cm³/mol. The zero-order valence-electron chi connectivity index (χ0n) is 22.9. The number of aromatic nitrogens is 1. The molecule has 1 heterocycles. The number of aliphatic carboxylic acids is 1. The number of carbonyl (C=O) groups excluding carboxylic acids is 2. The Kier molecular flexibility index (Phi) is 7.19. The number of carbonyl (C=O) groups is 3. The minimum atomic E-state index is -1.19. The first-order chi connectivity index (χ1) is 20.4. The summed E-state index contributed by atoms with van der Waals surface area (Å²) in [6, 6.07) is 28.2. The Morgan fingerprint density at radius 1 is 0.881 bits per heavy atom. The van der Waals surface area contributed by atoms with Gasteiger partial charge in [0.1, 0.15) is 12.6 Å². The Morgan fingerprint density at radius 3 is 2.24 bits per heavy atom. The molecule has 1 atom stereocenters. The van der Waals surface area contributed by atoms with Gasteiger partial charge in [-0.3, -0.25) is 4.79 Å². The molecule has 0 aliphatic heterocycles. The molecule has 1 aliphatic rings. The molecule has 0 saturated carbocycles. The van der Waals surface area contributed by atoms with Crippen molar-refractivity contribution in [2.24, 2.45) is 0 Å². The average Bonchev–Trinajstić information content (AvgIpc) is 3.54. The van der Waals surface area contributed by atoms with E-state index in [2.05, 4.69) is 27.8 Å². The number of rotatable bonds is 8. The van der Waals surface area contributed by atoms with Crippen LogP contribution in [-0.4, -0.2) is 40.7 Å². The number of benzene rings is 4. The number of H-pyrrole nitrogens is 1. The molecule has 1 aromatic heterocycles. The van der Waals surface area contributed by atoms with Gasteiger partial charge in [-0.1, -0.05) is 78.9 Å². The highest BCUT2D eigenvalue weighted by Crippen LogP contribution is 2.44. The summed E-state index contributed by atoms with van der Waals surface area (Å²) in [5.74, 6) is -1.43. The number of carboxylic acid groups (broad SMARTS) is 1. The van der Waals surface area contributed by atoms with Gasteiger partial charge >= 0.3 is 12.1 Å². The number of ether oxygens (including phenoxy) is 1. The van der Waals surface area contributed by atoms with Crippen LogP contribution in [0, 0.1) is 0 Å². The van der Waals surface area contributed by atoms with E-state index >= 15 is 0 Å². The first kappa shape index (κ1) is 26.8. The molecule has 4 aromatic carbocycles. The molecule has 210 valence electrons. The Hall–Kier alpha value is -5.37. The summed E-state index contributed by atoms with van der Waals surface area (Å²) in [6.07, 6.45) is 1.05. The van der Waals surface area contributed by atoms with Crippen molar-refractivity contribution in [1.29, 1.82) is 0 Å². The second-order valence-corrected chi connectivity index (χ2v) is 10.4. The van der Waals surface area contributed by atoms with Crippen molar-refractivity contribution in [1.82, 2.24) is 10.3 Å². The van der Waals surface area contributed by atoms with Crippen LogP contribution >= 0.6 is 0 Å². The lowest BCUT2D eigenvalue weighted by atomic mass is 9.98.